The molecule has 0 aliphatic rings. The molecule has 0 N–H and O–H groups in total. The lowest BCUT2D eigenvalue weighted by Gasteiger charge is -2.14. The first-order valence-corrected chi connectivity index (χ1v) is 8.25. The summed E-state index contributed by atoms with van der Waals surface area (Å²) in [7, 11) is 0. The van der Waals surface area contributed by atoms with Gasteiger partial charge in [0.2, 0.25) is 0 Å². The zero-order valence-electron chi connectivity index (χ0n) is 11.6. The highest BCUT2D eigenvalue weighted by Crippen LogP contribution is 2.33. The first-order chi connectivity index (χ1) is 9.83. The minimum Gasteiger partial charge on any atom is -0.492 e. The van der Waals surface area contributed by atoms with Crippen LogP contribution in [0.1, 0.15) is 30.2 Å². The Balaban J connectivity index is 2.47. The van der Waals surface area contributed by atoms with Crippen molar-refractivity contribution in [3.63, 3.8) is 0 Å². The topological polar surface area (TPSA) is 18.5 Å². The zero-order chi connectivity index (χ0) is 15.9. The second-order valence-corrected chi connectivity index (χ2v) is 6.42. The predicted molar refractivity (Wildman–Crippen MR) is 83.1 cm³/mol. The maximum Gasteiger partial charge on any atom is 0.411 e. The van der Waals surface area contributed by atoms with Gasteiger partial charge >= 0.3 is 6.18 Å². The Morgan fingerprint density at radius 3 is 2.52 bits per heavy atom. The van der Waals surface area contributed by atoms with Crippen LogP contribution in [0.3, 0.4) is 0 Å². The van der Waals surface area contributed by atoms with Gasteiger partial charge in [-0.3, -0.25) is 0 Å². The van der Waals surface area contributed by atoms with E-state index in [0.717, 1.165) is 22.2 Å². The fraction of sp³-hybridized carbons (Fsp3) is 0.571. The van der Waals surface area contributed by atoms with Gasteiger partial charge in [0, 0.05) is 11.4 Å². The first kappa shape index (κ1) is 18.8. The lowest BCUT2D eigenvalue weighted by Crippen LogP contribution is -2.17. The van der Waals surface area contributed by atoms with E-state index in [4.69, 9.17) is 4.74 Å². The normalized spacial score (nSPS) is 13.2. The quantitative estimate of drug-likeness (QED) is 0.390. The van der Waals surface area contributed by atoms with Crippen molar-refractivity contribution in [2.24, 2.45) is 0 Å². The second-order valence-electron chi connectivity index (χ2n) is 4.46. The largest absolute Gasteiger partial charge is 0.492 e. The van der Waals surface area contributed by atoms with Gasteiger partial charge in [0.15, 0.2) is 0 Å². The fourth-order valence-electron chi connectivity index (χ4n) is 1.58. The summed E-state index contributed by atoms with van der Waals surface area (Å²) in [6.07, 6.45) is -2.90. The fourth-order valence-corrected chi connectivity index (χ4v) is 2.57. The molecule has 0 bridgehead atoms. The summed E-state index contributed by atoms with van der Waals surface area (Å²) >= 11 is 6.88. The highest BCUT2D eigenvalue weighted by Gasteiger charge is 2.27. The molecule has 0 radical (unpaired) electrons. The molecule has 1 aromatic rings. The molecule has 120 valence electrons. The van der Waals surface area contributed by atoms with Crippen molar-refractivity contribution in [2.45, 2.75) is 30.8 Å². The highest BCUT2D eigenvalue weighted by atomic mass is 79.9. The van der Waals surface area contributed by atoms with E-state index in [1.54, 1.807) is 0 Å². The van der Waals surface area contributed by atoms with Crippen LogP contribution in [0.2, 0.25) is 0 Å². The maximum absolute atomic E-state index is 11.9. The molecule has 21 heavy (non-hydrogen) atoms. The second kappa shape index (κ2) is 9.00. The Kier molecular flexibility index (Phi) is 8.05. The molecule has 1 aromatic carbocycles. The SMILES string of the molecule is CCCOc1ccc(C(Br)CCOCC(F)(F)F)cc1Br. The van der Waals surface area contributed by atoms with Gasteiger partial charge in [-0.2, -0.15) is 13.2 Å². The lowest BCUT2D eigenvalue weighted by atomic mass is 10.1. The predicted octanol–water partition coefficient (Wildman–Crippen LogP) is 5.64. The van der Waals surface area contributed by atoms with Gasteiger partial charge in [0.25, 0.3) is 0 Å². The lowest BCUT2D eigenvalue weighted by molar-refractivity contribution is -0.174. The monoisotopic (exact) mass is 432 g/mol. The van der Waals surface area contributed by atoms with Crippen molar-refractivity contribution in [3.05, 3.63) is 28.2 Å². The highest BCUT2D eigenvalue weighted by molar-refractivity contribution is 9.10. The van der Waals surface area contributed by atoms with Crippen LogP contribution >= 0.6 is 31.9 Å². The molecule has 2 nitrogen and oxygen atoms in total. The van der Waals surface area contributed by atoms with Crippen molar-refractivity contribution in [3.8, 4) is 5.75 Å². The number of rotatable bonds is 8. The van der Waals surface area contributed by atoms with Crippen LogP contribution in [0.25, 0.3) is 0 Å². The number of alkyl halides is 4. The van der Waals surface area contributed by atoms with Crippen LogP contribution in [-0.4, -0.2) is 26.0 Å². The Morgan fingerprint density at radius 1 is 1.24 bits per heavy atom. The number of ether oxygens (including phenoxy) is 2. The van der Waals surface area contributed by atoms with Gasteiger partial charge in [0.1, 0.15) is 12.4 Å². The van der Waals surface area contributed by atoms with Crippen molar-refractivity contribution < 1.29 is 22.6 Å². The third-order valence-corrected chi connectivity index (χ3v) is 4.17. The Hall–Kier alpha value is -0.270. The van der Waals surface area contributed by atoms with Gasteiger partial charge in [0.05, 0.1) is 11.1 Å². The Bertz CT molecular complexity index is 439. The number of benzene rings is 1. The van der Waals surface area contributed by atoms with E-state index >= 15 is 0 Å². The molecule has 0 fully saturated rings. The molecule has 1 atom stereocenters. The molecule has 7 heteroatoms. The van der Waals surface area contributed by atoms with Crippen molar-refractivity contribution in [1.29, 1.82) is 0 Å². The summed E-state index contributed by atoms with van der Waals surface area (Å²) in [5.41, 5.74) is 0.960. The minimum atomic E-state index is -4.27. The van der Waals surface area contributed by atoms with E-state index in [1.807, 2.05) is 25.1 Å². The molecule has 0 saturated carbocycles. The Labute approximate surface area is 139 Å². The maximum atomic E-state index is 11.9. The summed E-state index contributed by atoms with van der Waals surface area (Å²) in [4.78, 5) is -0.0674. The van der Waals surface area contributed by atoms with E-state index in [2.05, 4.69) is 36.6 Å². The smallest absolute Gasteiger partial charge is 0.411 e. The van der Waals surface area contributed by atoms with Gasteiger partial charge in [-0.15, -0.1) is 0 Å². The molecular formula is C14H17Br2F3O2. The molecule has 1 unspecified atom stereocenters. The van der Waals surface area contributed by atoms with Gasteiger partial charge in [-0.05, 0) is 46.5 Å². The van der Waals surface area contributed by atoms with Crippen LogP contribution in [0, 0.1) is 0 Å². The number of hydrogen-bond donors (Lipinski definition) is 0. The molecule has 0 aliphatic heterocycles. The zero-order valence-corrected chi connectivity index (χ0v) is 14.7. The van der Waals surface area contributed by atoms with Gasteiger partial charge in [-0.25, -0.2) is 0 Å². The van der Waals surface area contributed by atoms with E-state index in [-0.39, 0.29) is 11.4 Å². The standard InChI is InChI=1S/C14H17Br2F3O2/c1-2-6-21-13-4-3-10(8-12(13)16)11(15)5-7-20-9-14(17,18)19/h3-4,8,11H,2,5-7,9H2,1H3. The van der Waals surface area contributed by atoms with E-state index in [1.165, 1.54) is 0 Å². The Morgan fingerprint density at radius 2 is 1.95 bits per heavy atom. The molecule has 0 spiro atoms. The van der Waals surface area contributed by atoms with Crippen LogP contribution in [0.15, 0.2) is 22.7 Å². The van der Waals surface area contributed by atoms with Crippen molar-refractivity contribution >= 4 is 31.9 Å². The molecule has 0 aliphatic carbocycles. The third-order valence-electron chi connectivity index (χ3n) is 2.56. The van der Waals surface area contributed by atoms with Crippen LogP contribution in [0.4, 0.5) is 13.2 Å². The van der Waals surface area contributed by atoms with Crippen molar-refractivity contribution in [2.75, 3.05) is 19.8 Å². The molecule has 0 heterocycles. The van der Waals surface area contributed by atoms with Crippen LogP contribution in [-0.2, 0) is 4.74 Å². The van der Waals surface area contributed by atoms with E-state index in [9.17, 15) is 13.2 Å². The average Bonchev–Trinajstić information content (AvgIpc) is 2.41. The first-order valence-electron chi connectivity index (χ1n) is 6.54. The van der Waals surface area contributed by atoms with Crippen LogP contribution < -0.4 is 4.74 Å². The molecule has 1 rings (SSSR count). The summed E-state index contributed by atoms with van der Waals surface area (Å²) in [6, 6.07) is 5.63. The van der Waals surface area contributed by atoms with Gasteiger partial charge < -0.3 is 9.47 Å². The summed E-state index contributed by atoms with van der Waals surface area (Å²) in [5.74, 6) is 0.758. The van der Waals surface area contributed by atoms with E-state index < -0.39 is 12.8 Å². The molecule has 0 aromatic heterocycles. The number of hydrogen-bond acceptors (Lipinski definition) is 2. The number of halogens is 5. The van der Waals surface area contributed by atoms with Gasteiger partial charge in [-0.1, -0.05) is 28.9 Å². The molecule has 0 amide bonds. The minimum absolute atomic E-state index is 0.0428. The summed E-state index contributed by atoms with van der Waals surface area (Å²) < 4.78 is 46.8. The van der Waals surface area contributed by atoms with Crippen LogP contribution in [0.5, 0.6) is 5.75 Å². The summed E-state index contributed by atoms with van der Waals surface area (Å²) in [6.45, 7) is 1.50. The molecule has 0 saturated heterocycles. The molecular weight excluding hydrogens is 417 g/mol. The average molecular weight is 434 g/mol. The third kappa shape index (κ3) is 7.51. The van der Waals surface area contributed by atoms with E-state index in [0.29, 0.717) is 13.0 Å². The van der Waals surface area contributed by atoms with Crippen molar-refractivity contribution in [1.82, 2.24) is 0 Å². The summed E-state index contributed by atoms with van der Waals surface area (Å²) in [5, 5.41) is 0.